The first-order valence-electron chi connectivity index (χ1n) is 6.02. The monoisotopic (exact) mass is 239 g/mol. The second-order valence-electron chi connectivity index (χ2n) is 4.99. The number of anilines is 1. The Morgan fingerprint density at radius 3 is 2.62 bits per heavy atom. The van der Waals surface area contributed by atoms with Gasteiger partial charge in [0.2, 0.25) is 0 Å². The van der Waals surface area contributed by atoms with Crippen LogP contribution >= 0.6 is 11.3 Å². The molecular weight excluding hydrogens is 218 g/mol. The van der Waals surface area contributed by atoms with Gasteiger partial charge in [0.15, 0.2) is 5.13 Å². The quantitative estimate of drug-likeness (QED) is 0.858. The van der Waals surface area contributed by atoms with Crippen molar-refractivity contribution >= 4 is 16.5 Å². The van der Waals surface area contributed by atoms with Gasteiger partial charge in [0.25, 0.3) is 0 Å². The van der Waals surface area contributed by atoms with Crippen LogP contribution < -0.4 is 10.6 Å². The van der Waals surface area contributed by atoms with Gasteiger partial charge < -0.3 is 10.6 Å². The van der Waals surface area contributed by atoms with Gasteiger partial charge in [-0.3, -0.25) is 0 Å². The van der Waals surface area contributed by atoms with Gasteiger partial charge in [0, 0.05) is 25.0 Å². The van der Waals surface area contributed by atoms with Gasteiger partial charge in [-0.25, -0.2) is 4.98 Å². The van der Waals surface area contributed by atoms with Crippen LogP contribution in [0.15, 0.2) is 0 Å². The van der Waals surface area contributed by atoms with E-state index in [0.29, 0.717) is 12.5 Å². The molecule has 0 aromatic carbocycles. The number of nitrogens with zero attached hydrogens (tertiary/aromatic N) is 2. The number of thiazole rings is 1. The van der Waals surface area contributed by atoms with E-state index < -0.39 is 0 Å². The van der Waals surface area contributed by atoms with Crippen LogP contribution in [0.5, 0.6) is 0 Å². The second-order valence-corrected chi connectivity index (χ2v) is 6.05. The lowest BCUT2D eigenvalue weighted by atomic mass is 10.1. The maximum atomic E-state index is 5.77. The molecule has 1 heterocycles. The fourth-order valence-electron chi connectivity index (χ4n) is 1.88. The zero-order chi connectivity index (χ0) is 11.7. The highest BCUT2D eigenvalue weighted by Gasteiger charge is 2.24. The van der Waals surface area contributed by atoms with Crippen LogP contribution in [0.25, 0.3) is 0 Å². The first kappa shape index (κ1) is 11.9. The third kappa shape index (κ3) is 2.55. The van der Waals surface area contributed by atoms with Crippen molar-refractivity contribution in [1.29, 1.82) is 0 Å². The SMILES string of the molecule is CC(C)c1nc(N(C)CC2CC2)sc1CN. The summed E-state index contributed by atoms with van der Waals surface area (Å²) in [7, 11) is 2.14. The van der Waals surface area contributed by atoms with Crippen LogP contribution in [-0.4, -0.2) is 18.6 Å². The highest BCUT2D eigenvalue weighted by atomic mass is 32.1. The third-order valence-corrected chi connectivity index (χ3v) is 4.21. The average molecular weight is 239 g/mol. The van der Waals surface area contributed by atoms with E-state index in [1.807, 2.05) is 0 Å². The summed E-state index contributed by atoms with van der Waals surface area (Å²) in [5.74, 6) is 1.37. The molecule has 0 radical (unpaired) electrons. The molecule has 0 atom stereocenters. The number of hydrogen-bond donors (Lipinski definition) is 1. The molecular formula is C12H21N3S. The molecule has 16 heavy (non-hydrogen) atoms. The molecule has 2 rings (SSSR count). The minimum atomic E-state index is 0.470. The van der Waals surface area contributed by atoms with Crippen LogP contribution in [0, 0.1) is 5.92 Å². The summed E-state index contributed by atoms with van der Waals surface area (Å²) in [6.45, 7) is 6.12. The van der Waals surface area contributed by atoms with Crippen molar-refractivity contribution in [1.82, 2.24) is 4.98 Å². The molecule has 0 amide bonds. The normalized spacial score (nSPS) is 15.8. The van der Waals surface area contributed by atoms with Gasteiger partial charge >= 0.3 is 0 Å². The molecule has 1 fully saturated rings. The topological polar surface area (TPSA) is 42.2 Å². The summed E-state index contributed by atoms with van der Waals surface area (Å²) in [6, 6.07) is 0. The highest BCUT2D eigenvalue weighted by molar-refractivity contribution is 7.15. The van der Waals surface area contributed by atoms with Crippen LogP contribution in [0.4, 0.5) is 5.13 Å². The Kier molecular flexibility index (Phi) is 3.50. The smallest absolute Gasteiger partial charge is 0.185 e. The number of rotatable bonds is 5. The van der Waals surface area contributed by atoms with E-state index in [-0.39, 0.29) is 0 Å². The minimum absolute atomic E-state index is 0.470. The fraction of sp³-hybridized carbons (Fsp3) is 0.750. The second kappa shape index (κ2) is 4.72. The molecule has 0 unspecified atom stereocenters. The molecule has 1 aliphatic rings. The first-order chi connectivity index (χ1) is 7.61. The predicted octanol–water partition coefficient (Wildman–Crippen LogP) is 2.57. The Hall–Kier alpha value is -0.610. The van der Waals surface area contributed by atoms with Gasteiger partial charge in [0.05, 0.1) is 5.69 Å². The number of nitrogens with two attached hydrogens (primary N) is 1. The van der Waals surface area contributed by atoms with Crippen molar-refractivity contribution in [2.45, 2.75) is 39.2 Å². The number of hydrogen-bond acceptors (Lipinski definition) is 4. The summed E-state index contributed by atoms with van der Waals surface area (Å²) >= 11 is 1.76. The van der Waals surface area contributed by atoms with Crippen molar-refractivity contribution in [2.75, 3.05) is 18.5 Å². The molecule has 1 aromatic rings. The maximum absolute atomic E-state index is 5.77. The minimum Gasteiger partial charge on any atom is -0.351 e. The van der Waals surface area contributed by atoms with E-state index in [4.69, 9.17) is 10.7 Å². The van der Waals surface area contributed by atoms with E-state index >= 15 is 0 Å². The standard InChI is InChI=1S/C12H21N3S/c1-8(2)11-10(6-13)16-12(14-11)15(3)7-9-4-5-9/h8-9H,4-7,13H2,1-3H3. The van der Waals surface area contributed by atoms with Gasteiger partial charge in [-0.05, 0) is 24.7 Å². The van der Waals surface area contributed by atoms with E-state index in [1.165, 1.54) is 23.4 Å². The molecule has 1 aromatic heterocycles. The Bertz CT molecular complexity index is 355. The van der Waals surface area contributed by atoms with Crippen LogP contribution in [-0.2, 0) is 6.54 Å². The van der Waals surface area contributed by atoms with Crippen LogP contribution in [0.1, 0.15) is 43.2 Å². The van der Waals surface area contributed by atoms with E-state index in [2.05, 4.69) is 25.8 Å². The lowest BCUT2D eigenvalue weighted by molar-refractivity contribution is 0.771. The molecule has 90 valence electrons. The zero-order valence-electron chi connectivity index (χ0n) is 10.4. The van der Waals surface area contributed by atoms with Gasteiger partial charge in [0.1, 0.15) is 0 Å². The Labute approximate surface area is 102 Å². The lowest BCUT2D eigenvalue weighted by Crippen LogP contribution is -2.19. The van der Waals surface area contributed by atoms with Crippen LogP contribution in [0.3, 0.4) is 0 Å². The zero-order valence-corrected chi connectivity index (χ0v) is 11.2. The molecule has 3 nitrogen and oxygen atoms in total. The fourth-order valence-corrected chi connectivity index (χ4v) is 2.94. The van der Waals surface area contributed by atoms with E-state index in [0.717, 1.165) is 17.6 Å². The summed E-state index contributed by atoms with van der Waals surface area (Å²) in [5.41, 5.74) is 6.95. The summed E-state index contributed by atoms with van der Waals surface area (Å²) in [4.78, 5) is 8.25. The molecule has 1 aliphatic carbocycles. The predicted molar refractivity (Wildman–Crippen MR) is 70.1 cm³/mol. The molecule has 0 bridgehead atoms. The van der Waals surface area contributed by atoms with Crippen LogP contribution in [0.2, 0.25) is 0 Å². The van der Waals surface area contributed by atoms with Gasteiger partial charge in [-0.2, -0.15) is 0 Å². The largest absolute Gasteiger partial charge is 0.351 e. The van der Waals surface area contributed by atoms with Gasteiger partial charge in [-0.15, -0.1) is 11.3 Å². The third-order valence-electron chi connectivity index (χ3n) is 3.00. The summed E-state index contributed by atoms with van der Waals surface area (Å²) < 4.78 is 0. The molecule has 1 saturated carbocycles. The van der Waals surface area contributed by atoms with Crippen molar-refractivity contribution in [3.05, 3.63) is 10.6 Å². The van der Waals surface area contributed by atoms with E-state index in [9.17, 15) is 0 Å². The lowest BCUT2D eigenvalue weighted by Gasteiger charge is -2.14. The van der Waals surface area contributed by atoms with Crippen molar-refractivity contribution < 1.29 is 0 Å². The Morgan fingerprint density at radius 2 is 2.19 bits per heavy atom. The first-order valence-corrected chi connectivity index (χ1v) is 6.84. The molecule has 2 N–H and O–H groups in total. The van der Waals surface area contributed by atoms with Gasteiger partial charge in [-0.1, -0.05) is 13.8 Å². The molecule has 0 spiro atoms. The summed E-state index contributed by atoms with van der Waals surface area (Å²) in [5, 5.41) is 1.14. The maximum Gasteiger partial charge on any atom is 0.185 e. The molecule has 0 aliphatic heterocycles. The van der Waals surface area contributed by atoms with Crippen molar-refractivity contribution in [2.24, 2.45) is 11.7 Å². The molecule has 0 saturated heterocycles. The highest BCUT2D eigenvalue weighted by Crippen LogP contribution is 2.34. The Morgan fingerprint density at radius 1 is 1.50 bits per heavy atom. The Balaban J connectivity index is 2.13. The van der Waals surface area contributed by atoms with Crippen molar-refractivity contribution in [3.8, 4) is 0 Å². The molecule has 4 heteroatoms. The van der Waals surface area contributed by atoms with Crippen molar-refractivity contribution in [3.63, 3.8) is 0 Å². The van der Waals surface area contributed by atoms with E-state index in [1.54, 1.807) is 11.3 Å². The number of aromatic nitrogens is 1. The average Bonchev–Trinajstić information content (AvgIpc) is 2.94. The summed E-state index contributed by atoms with van der Waals surface area (Å²) in [6.07, 6.45) is 2.77.